The first-order valence-electron chi connectivity index (χ1n) is 4.97. The summed E-state index contributed by atoms with van der Waals surface area (Å²) in [5.74, 6) is 0.231. The van der Waals surface area contributed by atoms with Crippen molar-refractivity contribution in [1.82, 2.24) is 9.97 Å². The van der Waals surface area contributed by atoms with Crippen LogP contribution in [0.2, 0.25) is 0 Å². The van der Waals surface area contributed by atoms with E-state index in [-0.39, 0.29) is 11.3 Å². The predicted octanol–water partition coefficient (Wildman–Crippen LogP) is 1.66. The molecule has 1 aromatic carbocycles. The molecule has 0 fully saturated rings. The second-order valence-corrected chi connectivity index (χ2v) is 2.77. The minimum atomic E-state index is -0.284. The third-order valence-electron chi connectivity index (χ3n) is 1.94. The van der Waals surface area contributed by atoms with E-state index in [0.29, 0.717) is 16.7 Å². The molecular formula is C11H14N2O3. The Morgan fingerprint density at radius 1 is 1.38 bits per heavy atom. The molecule has 0 aliphatic heterocycles. The van der Waals surface area contributed by atoms with Crippen LogP contribution >= 0.6 is 0 Å². The molecule has 0 saturated heterocycles. The molecule has 1 heterocycles. The average Bonchev–Trinajstić information content (AvgIpc) is 2.32. The zero-order valence-electron chi connectivity index (χ0n) is 9.44. The van der Waals surface area contributed by atoms with E-state index in [1.165, 1.54) is 25.6 Å². The Morgan fingerprint density at radius 2 is 2.06 bits per heavy atom. The molecule has 86 valence electrons. The van der Waals surface area contributed by atoms with Crippen LogP contribution in [0.25, 0.3) is 10.9 Å². The molecule has 2 aromatic rings. The van der Waals surface area contributed by atoms with Gasteiger partial charge in [0.05, 0.1) is 24.3 Å². The van der Waals surface area contributed by atoms with E-state index in [2.05, 4.69) is 9.97 Å². The Hall–Kier alpha value is -2.04. The highest BCUT2D eigenvalue weighted by Gasteiger charge is 2.06. The van der Waals surface area contributed by atoms with E-state index in [0.717, 1.165) is 0 Å². The molecule has 2 N–H and O–H groups in total. The second kappa shape index (κ2) is 5.16. The van der Waals surface area contributed by atoms with Crippen molar-refractivity contribution in [1.29, 1.82) is 0 Å². The number of aromatic nitrogens is 2. The molecule has 0 spiro atoms. The Bertz CT molecular complexity index is 534. The lowest BCUT2D eigenvalue weighted by molar-refractivity contribution is 0.374. The largest absolute Gasteiger partial charge is 0.504 e. The summed E-state index contributed by atoms with van der Waals surface area (Å²) in [7, 11) is 1.44. The summed E-state index contributed by atoms with van der Waals surface area (Å²) in [6, 6.07) is 2.85. The number of phenolic OH excluding ortho intramolecular Hbond substituents is 1. The van der Waals surface area contributed by atoms with Crippen LogP contribution in [0, 0.1) is 0 Å². The number of aromatic hydroxyl groups is 1. The molecular weight excluding hydrogens is 208 g/mol. The van der Waals surface area contributed by atoms with Gasteiger partial charge in [0.1, 0.15) is 0 Å². The molecule has 0 aliphatic carbocycles. The molecule has 5 nitrogen and oxygen atoms in total. The maximum Gasteiger partial charge on any atom is 0.258 e. The maximum atomic E-state index is 11.3. The summed E-state index contributed by atoms with van der Waals surface area (Å²) < 4.78 is 4.89. The lowest BCUT2D eigenvalue weighted by Gasteiger charge is -2.03. The van der Waals surface area contributed by atoms with Crippen LogP contribution < -0.4 is 10.3 Å². The third kappa shape index (κ3) is 2.13. The van der Waals surface area contributed by atoms with Gasteiger partial charge in [-0.2, -0.15) is 0 Å². The van der Waals surface area contributed by atoms with Crippen molar-refractivity contribution in [3.63, 3.8) is 0 Å². The van der Waals surface area contributed by atoms with Crippen molar-refractivity contribution >= 4 is 10.9 Å². The number of ether oxygens (including phenoxy) is 1. The number of hydrogen-bond acceptors (Lipinski definition) is 4. The summed E-state index contributed by atoms with van der Waals surface area (Å²) in [6.07, 6.45) is 1.31. The van der Waals surface area contributed by atoms with E-state index in [1.54, 1.807) is 0 Å². The maximum absolute atomic E-state index is 11.3. The third-order valence-corrected chi connectivity index (χ3v) is 1.94. The van der Waals surface area contributed by atoms with Gasteiger partial charge in [-0.05, 0) is 6.07 Å². The molecule has 0 unspecified atom stereocenters. The van der Waals surface area contributed by atoms with Crippen LogP contribution in [0.3, 0.4) is 0 Å². The number of methoxy groups -OCH3 is 1. The van der Waals surface area contributed by atoms with E-state index in [1.807, 2.05) is 13.8 Å². The van der Waals surface area contributed by atoms with Gasteiger partial charge in [-0.15, -0.1) is 0 Å². The fourth-order valence-electron chi connectivity index (χ4n) is 1.25. The van der Waals surface area contributed by atoms with Crippen LogP contribution in [0.15, 0.2) is 23.3 Å². The van der Waals surface area contributed by atoms with Crippen molar-refractivity contribution in [2.75, 3.05) is 7.11 Å². The van der Waals surface area contributed by atoms with Gasteiger partial charge in [0, 0.05) is 6.07 Å². The molecule has 0 radical (unpaired) electrons. The van der Waals surface area contributed by atoms with Gasteiger partial charge in [-0.25, -0.2) is 4.98 Å². The zero-order valence-corrected chi connectivity index (χ0v) is 9.44. The lowest BCUT2D eigenvalue weighted by atomic mass is 10.2. The first-order valence-corrected chi connectivity index (χ1v) is 4.97. The van der Waals surface area contributed by atoms with Crippen molar-refractivity contribution < 1.29 is 9.84 Å². The molecule has 0 aliphatic rings. The summed E-state index contributed by atoms with van der Waals surface area (Å²) in [6.45, 7) is 4.00. The molecule has 0 atom stereocenters. The number of benzene rings is 1. The molecule has 0 amide bonds. The normalized spacial score (nSPS) is 9.44. The van der Waals surface area contributed by atoms with E-state index in [9.17, 15) is 9.90 Å². The Labute approximate surface area is 92.7 Å². The number of hydrogen-bond donors (Lipinski definition) is 2. The Kier molecular flexibility index (Phi) is 3.88. The molecule has 0 saturated carbocycles. The minimum Gasteiger partial charge on any atom is -0.504 e. The van der Waals surface area contributed by atoms with Crippen molar-refractivity contribution in [2.24, 2.45) is 0 Å². The molecule has 16 heavy (non-hydrogen) atoms. The molecule has 2 rings (SSSR count). The van der Waals surface area contributed by atoms with Crippen molar-refractivity contribution in [3.8, 4) is 11.5 Å². The lowest BCUT2D eigenvalue weighted by Crippen LogP contribution is -2.06. The minimum absolute atomic E-state index is 0.0708. The number of rotatable bonds is 1. The highest BCUT2D eigenvalue weighted by atomic mass is 16.5. The van der Waals surface area contributed by atoms with Crippen LogP contribution in [0.5, 0.6) is 11.5 Å². The first-order chi connectivity index (χ1) is 7.72. The molecule has 0 bridgehead atoms. The molecule has 5 heteroatoms. The van der Waals surface area contributed by atoms with Gasteiger partial charge in [-0.3, -0.25) is 4.79 Å². The quantitative estimate of drug-likeness (QED) is 0.769. The van der Waals surface area contributed by atoms with Gasteiger partial charge in [0.15, 0.2) is 11.5 Å². The first kappa shape index (κ1) is 12.0. The Balaban J connectivity index is 0.000000606. The van der Waals surface area contributed by atoms with Crippen LogP contribution in [-0.2, 0) is 0 Å². The monoisotopic (exact) mass is 222 g/mol. The number of H-pyrrole nitrogens is 1. The predicted molar refractivity (Wildman–Crippen MR) is 61.9 cm³/mol. The van der Waals surface area contributed by atoms with Crippen LogP contribution in [0.1, 0.15) is 13.8 Å². The summed E-state index contributed by atoms with van der Waals surface area (Å²) in [4.78, 5) is 17.6. The summed E-state index contributed by atoms with van der Waals surface area (Å²) in [5, 5.41) is 9.77. The van der Waals surface area contributed by atoms with Gasteiger partial charge in [-0.1, -0.05) is 13.8 Å². The smallest absolute Gasteiger partial charge is 0.258 e. The van der Waals surface area contributed by atoms with Crippen LogP contribution in [-0.4, -0.2) is 22.2 Å². The molecule has 1 aromatic heterocycles. The number of phenols is 1. The van der Waals surface area contributed by atoms with Gasteiger partial charge < -0.3 is 14.8 Å². The van der Waals surface area contributed by atoms with Gasteiger partial charge >= 0.3 is 0 Å². The van der Waals surface area contributed by atoms with E-state index < -0.39 is 0 Å². The van der Waals surface area contributed by atoms with E-state index >= 15 is 0 Å². The van der Waals surface area contributed by atoms with E-state index in [4.69, 9.17) is 4.74 Å². The second-order valence-electron chi connectivity index (χ2n) is 2.77. The van der Waals surface area contributed by atoms with Crippen LogP contribution in [0.4, 0.5) is 0 Å². The van der Waals surface area contributed by atoms with Gasteiger partial charge in [0.25, 0.3) is 5.56 Å². The fraction of sp³-hybridized carbons (Fsp3) is 0.273. The number of aromatic amines is 1. The highest BCUT2D eigenvalue weighted by Crippen LogP contribution is 2.28. The highest BCUT2D eigenvalue weighted by molar-refractivity contribution is 5.81. The SMILES string of the molecule is CC.COc1cc2nc[nH]c(=O)c2cc1O. The number of nitrogens with one attached hydrogen (secondary N) is 1. The number of fused-ring (bicyclic) bond motifs is 1. The van der Waals surface area contributed by atoms with Crippen molar-refractivity contribution in [3.05, 3.63) is 28.8 Å². The topological polar surface area (TPSA) is 75.2 Å². The fourth-order valence-corrected chi connectivity index (χ4v) is 1.25. The standard InChI is InChI=1S/C9H8N2O3.C2H6/c1-14-8-3-6-5(2-7(8)12)9(13)11-4-10-6;1-2/h2-4,12H,1H3,(H,10,11,13);1-2H3. The average molecular weight is 222 g/mol. The van der Waals surface area contributed by atoms with Gasteiger partial charge in [0.2, 0.25) is 0 Å². The van der Waals surface area contributed by atoms with Crippen molar-refractivity contribution in [2.45, 2.75) is 13.8 Å². The summed E-state index contributed by atoms with van der Waals surface area (Å²) in [5.41, 5.74) is 0.205. The Morgan fingerprint density at radius 3 is 2.69 bits per heavy atom. The summed E-state index contributed by atoms with van der Waals surface area (Å²) >= 11 is 0. The zero-order chi connectivity index (χ0) is 12.1. The number of nitrogens with zero attached hydrogens (tertiary/aromatic N) is 1.